The van der Waals surface area contributed by atoms with Crippen molar-refractivity contribution in [2.45, 2.75) is 71.1 Å². The molecule has 3 rings (SSSR count). The third kappa shape index (κ3) is 5.08. The Morgan fingerprint density at radius 1 is 1.33 bits per heavy atom. The van der Waals surface area contributed by atoms with E-state index < -0.39 is 5.60 Å². The van der Waals surface area contributed by atoms with E-state index in [9.17, 15) is 9.90 Å². The molecule has 0 saturated carbocycles. The van der Waals surface area contributed by atoms with Crippen molar-refractivity contribution in [2.75, 3.05) is 13.1 Å². The maximum atomic E-state index is 13.0. The van der Waals surface area contributed by atoms with Crippen LogP contribution in [0.2, 0.25) is 0 Å². The van der Waals surface area contributed by atoms with E-state index in [1.54, 1.807) is 0 Å². The molecule has 1 fully saturated rings. The number of carbonyl (C=O) groups is 1. The molecule has 0 aromatic carbocycles. The van der Waals surface area contributed by atoms with E-state index in [2.05, 4.69) is 17.2 Å². The predicted octanol–water partition coefficient (Wildman–Crippen LogP) is 2.99. The smallest absolute Gasteiger partial charge is 0.274 e. The summed E-state index contributed by atoms with van der Waals surface area (Å²) in [6.07, 6.45) is 6.85. The van der Waals surface area contributed by atoms with Crippen molar-refractivity contribution in [3.8, 4) is 0 Å². The molecular weight excluding hydrogens is 340 g/mol. The maximum absolute atomic E-state index is 13.0. The van der Waals surface area contributed by atoms with Gasteiger partial charge in [0.05, 0.1) is 11.3 Å². The van der Waals surface area contributed by atoms with Crippen LogP contribution in [-0.2, 0) is 6.54 Å². The first-order valence-electron chi connectivity index (χ1n) is 10.1. The van der Waals surface area contributed by atoms with Gasteiger partial charge in [0.2, 0.25) is 0 Å². The number of likely N-dealkylation sites (tertiary alicyclic amines) is 1. The lowest BCUT2D eigenvalue weighted by Crippen LogP contribution is -2.31. The van der Waals surface area contributed by atoms with Crippen LogP contribution in [0.15, 0.2) is 24.4 Å². The van der Waals surface area contributed by atoms with Crippen molar-refractivity contribution < 1.29 is 9.90 Å². The molecule has 2 aromatic heterocycles. The molecule has 6 nitrogen and oxygen atoms in total. The summed E-state index contributed by atoms with van der Waals surface area (Å²) in [5.41, 5.74) is 1.69. The average Bonchev–Trinajstić information content (AvgIpc) is 3.26. The molecule has 3 heterocycles. The van der Waals surface area contributed by atoms with Crippen molar-refractivity contribution >= 4 is 11.6 Å². The van der Waals surface area contributed by atoms with Gasteiger partial charge in [-0.1, -0.05) is 6.07 Å². The fourth-order valence-corrected chi connectivity index (χ4v) is 3.67. The molecule has 148 valence electrons. The Bertz CT molecular complexity index is 772. The van der Waals surface area contributed by atoms with E-state index in [-0.39, 0.29) is 5.91 Å². The molecule has 27 heavy (non-hydrogen) atoms. The zero-order chi connectivity index (χ0) is 19.4. The van der Waals surface area contributed by atoms with Crippen molar-refractivity contribution in [3.63, 3.8) is 0 Å². The first-order valence-corrected chi connectivity index (χ1v) is 10.1. The van der Waals surface area contributed by atoms with Gasteiger partial charge in [-0.3, -0.25) is 4.79 Å². The second-order valence-electron chi connectivity index (χ2n) is 8.32. The van der Waals surface area contributed by atoms with Crippen molar-refractivity contribution in [2.24, 2.45) is 0 Å². The van der Waals surface area contributed by atoms with Crippen molar-refractivity contribution in [1.82, 2.24) is 19.6 Å². The quantitative estimate of drug-likeness (QED) is 0.747. The third-order valence-corrected chi connectivity index (χ3v) is 5.27. The molecule has 1 amide bonds. The molecular formula is C21H32N4O2. The highest BCUT2D eigenvalue weighted by atomic mass is 16.3. The van der Waals surface area contributed by atoms with Crippen LogP contribution in [0.1, 0.15) is 69.1 Å². The molecule has 0 spiro atoms. The van der Waals surface area contributed by atoms with Gasteiger partial charge in [-0.25, -0.2) is 4.98 Å². The summed E-state index contributed by atoms with van der Waals surface area (Å²) in [4.78, 5) is 19.5. The van der Waals surface area contributed by atoms with Crippen LogP contribution in [0.5, 0.6) is 0 Å². The number of nitrogens with one attached hydrogen (secondary N) is 1. The van der Waals surface area contributed by atoms with Crippen LogP contribution >= 0.6 is 0 Å². The van der Waals surface area contributed by atoms with Gasteiger partial charge in [0, 0.05) is 31.9 Å². The summed E-state index contributed by atoms with van der Waals surface area (Å²) < 4.78 is 2.01. The number of imidazole rings is 1. The molecule has 1 atom stereocenters. The Labute approximate surface area is 161 Å². The highest BCUT2D eigenvalue weighted by Crippen LogP contribution is 2.19. The number of fused-ring (bicyclic) bond motifs is 1. The lowest BCUT2D eigenvalue weighted by atomic mass is 10.00. The first kappa shape index (κ1) is 19.8. The fourth-order valence-electron chi connectivity index (χ4n) is 3.67. The van der Waals surface area contributed by atoms with E-state index in [1.165, 1.54) is 0 Å². The van der Waals surface area contributed by atoms with Crippen LogP contribution in [0.3, 0.4) is 0 Å². The summed E-state index contributed by atoms with van der Waals surface area (Å²) in [7, 11) is 0. The minimum atomic E-state index is -0.614. The van der Waals surface area contributed by atoms with E-state index in [0.717, 1.165) is 56.5 Å². The number of carbonyl (C=O) groups excluding carboxylic acids is 1. The molecule has 1 aliphatic rings. The van der Waals surface area contributed by atoms with Gasteiger partial charge in [-0.2, -0.15) is 0 Å². The van der Waals surface area contributed by atoms with Gasteiger partial charge in [0.25, 0.3) is 5.91 Å². The summed E-state index contributed by atoms with van der Waals surface area (Å²) >= 11 is 0. The second kappa shape index (κ2) is 8.40. The third-order valence-electron chi connectivity index (χ3n) is 5.27. The van der Waals surface area contributed by atoms with Gasteiger partial charge in [-0.05, 0) is 65.0 Å². The number of nitrogens with zero attached hydrogens (tertiary/aromatic N) is 3. The van der Waals surface area contributed by atoms with Crippen molar-refractivity contribution in [1.29, 1.82) is 0 Å². The second-order valence-corrected chi connectivity index (χ2v) is 8.32. The minimum absolute atomic E-state index is 0.0442. The molecule has 0 bridgehead atoms. The number of aromatic nitrogens is 2. The van der Waals surface area contributed by atoms with Crippen LogP contribution in [0.4, 0.5) is 0 Å². The molecule has 0 unspecified atom stereocenters. The van der Waals surface area contributed by atoms with Gasteiger partial charge in [0.1, 0.15) is 5.65 Å². The van der Waals surface area contributed by atoms with Gasteiger partial charge >= 0.3 is 0 Å². The van der Waals surface area contributed by atoms with E-state index in [1.807, 2.05) is 47.5 Å². The summed E-state index contributed by atoms with van der Waals surface area (Å²) in [6, 6.07) is 6.16. The van der Waals surface area contributed by atoms with Gasteiger partial charge in [-0.15, -0.1) is 0 Å². The number of amides is 1. The number of pyridine rings is 1. The molecule has 1 saturated heterocycles. The minimum Gasteiger partial charge on any atom is -0.390 e. The average molecular weight is 373 g/mol. The van der Waals surface area contributed by atoms with E-state index in [4.69, 9.17) is 0 Å². The first-order chi connectivity index (χ1) is 12.8. The maximum Gasteiger partial charge on any atom is 0.274 e. The zero-order valence-corrected chi connectivity index (χ0v) is 16.7. The van der Waals surface area contributed by atoms with Crippen molar-refractivity contribution in [3.05, 3.63) is 35.8 Å². The molecule has 0 radical (unpaired) electrons. The van der Waals surface area contributed by atoms with Gasteiger partial charge < -0.3 is 19.7 Å². The number of hydrogen-bond donors (Lipinski definition) is 2. The van der Waals surface area contributed by atoms with Crippen LogP contribution < -0.4 is 5.32 Å². The fraction of sp³-hybridized carbons (Fsp3) is 0.619. The highest BCUT2D eigenvalue weighted by Gasteiger charge is 2.26. The van der Waals surface area contributed by atoms with E-state index >= 15 is 0 Å². The SMILES string of the molecule is C[C@H](CCCC(C)(C)O)NCc1c(C(=O)N2CCCC2)nc2ccccn12. The van der Waals surface area contributed by atoms with Crippen LogP contribution in [-0.4, -0.2) is 50.0 Å². The number of aliphatic hydroxyl groups is 1. The summed E-state index contributed by atoms with van der Waals surface area (Å²) in [5, 5.41) is 13.4. The zero-order valence-electron chi connectivity index (χ0n) is 16.7. The number of rotatable bonds is 8. The highest BCUT2D eigenvalue weighted by molar-refractivity contribution is 5.94. The Morgan fingerprint density at radius 2 is 2.07 bits per heavy atom. The standard InChI is InChI=1S/C21H32N4O2/c1-16(9-8-11-21(2,3)27)22-15-17-19(20(26)24-12-6-7-13-24)23-18-10-4-5-14-25(17)18/h4-5,10,14,16,22,27H,6-9,11-13,15H2,1-3H3/t16-/m1/s1. The van der Waals surface area contributed by atoms with Crippen LogP contribution in [0.25, 0.3) is 5.65 Å². The predicted molar refractivity (Wildman–Crippen MR) is 107 cm³/mol. The monoisotopic (exact) mass is 372 g/mol. The van der Waals surface area contributed by atoms with Crippen LogP contribution in [0, 0.1) is 0 Å². The lowest BCUT2D eigenvalue weighted by molar-refractivity contribution is 0.0674. The van der Waals surface area contributed by atoms with Gasteiger partial charge in [0.15, 0.2) is 5.69 Å². The lowest BCUT2D eigenvalue weighted by Gasteiger charge is -2.19. The Morgan fingerprint density at radius 3 is 2.78 bits per heavy atom. The van der Waals surface area contributed by atoms with E-state index in [0.29, 0.717) is 18.3 Å². The Balaban J connectivity index is 1.70. The Hall–Kier alpha value is -1.92. The normalized spacial score (nSPS) is 16.2. The molecule has 2 aromatic rings. The number of hydrogen-bond acceptors (Lipinski definition) is 4. The molecule has 2 N–H and O–H groups in total. The summed E-state index contributed by atoms with van der Waals surface area (Å²) in [6.45, 7) is 8.10. The molecule has 1 aliphatic heterocycles. The summed E-state index contributed by atoms with van der Waals surface area (Å²) in [5.74, 6) is 0.0442. The molecule has 6 heteroatoms. The molecule has 0 aliphatic carbocycles. The topological polar surface area (TPSA) is 69.9 Å². The largest absolute Gasteiger partial charge is 0.390 e. The Kier molecular flexibility index (Phi) is 6.17.